The van der Waals surface area contributed by atoms with Crippen LogP contribution in [0.2, 0.25) is 0 Å². The van der Waals surface area contributed by atoms with Gasteiger partial charge in [0.15, 0.2) is 0 Å². The molecule has 2 saturated heterocycles. The zero-order valence-corrected chi connectivity index (χ0v) is 17.3. The number of rotatable bonds is 4. The molecule has 2 aromatic heterocycles. The zero-order chi connectivity index (χ0) is 19.7. The molecule has 1 amide bonds. The number of aromatic nitrogens is 3. The van der Waals surface area contributed by atoms with Crippen LogP contribution < -0.4 is 4.90 Å². The van der Waals surface area contributed by atoms with E-state index in [2.05, 4.69) is 50.5 Å². The summed E-state index contributed by atoms with van der Waals surface area (Å²) in [4.78, 5) is 32.0. The summed E-state index contributed by atoms with van der Waals surface area (Å²) in [5, 5.41) is 1.03. The third-order valence-corrected chi connectivity index (χ3v) is 6.78. The molecule has 2 fully saturated rings. The van der Waals surface area contributed by atoms with Crippen LogP contribution in [-0.4, -0.2) is 76.5 Å². The second-order valence-electron chi connectivity index (χ2n) is 8.37. The van der Waals surface area contributed by atoms with Gasteiger partial charge in [0.05, 0.1) is 11.4 Å². The van der Waals surface area contributed by atoms with Crippen LogP contribution in [0.3, 0.4) is 0 Å². The zero-order valence-electron chi connectivity index (χ0n) is 17.3. The number of nitrogens with zero attached hydrogens (tertiary/aromatic N) is 5. The Kier molecular flexibility index (Phi) is 5.53. The lowest BCUT2D eigenvalue weighted by molar-refractivity contribution is -0.138. The van der Waals surface area contributed by atoms with Crippen molar-refractivity contribution in [1.82, 2.24) is 24.8 Å². The third kappa shape index (κ3) is 3.60. The van der Waals surface area contributed by atoms with Crippen molar-refractivity contribution in [2.24, 2.45) is 11.8 Å². The summed E-state index contributed by atoms with van der Waals surface area (Å²) in [6.45, 7) is 9.32. The van der Waals surface area contributed by atoms with Crippen molar-refractivity contribution in [2.45, 2.75) is 39.2 Å². The van der Waals surface area contributed by atoms with E-state index in [1.165, 1.54) is 0 Å². The van der Waals surface area contributed by atoms with E-state index in [0.717, 1.165) is 68.8 Å². The van der Waals surface area contributed by atoms with Gasteiger partial charge < -0.3 is 19.7 Å². The first-order chi connectivity index (χ1) is 13.6. The molecule has 4 rings (SSSR count). The number of hydrogen-bond donors (Lipinski definition) is 1. The summed E-state index contributed by atoms with van der Waals surface area (Å²) in [7, 11) is 2.10. The second kappa shape index (κ2) is 8.07. The molecule has 0 bridgehead atoms. The van der Waals surface area contributed by atoms with Crippen molar-refractivity contribution < 1.29 is 4.79 Å². The molecule has 152 valence electrons. The number of nitrogens with one attached hydrogen (secondary N) is 1. The van der Waals surface area contributed by atoms with Crippen LogP contribution >= 0.6 is 0 Å². The van der Waals surface area contributed by atoms with Gasteiger partial charge in [0.25, 0.3) is 0 Å². The minimum Gasteiger partial charge on any atom is -0.354 e. The molecule has 2 aliphatic heterocycles. The normalized spacial score (nSPS) is 24.6. The van der Waals surface area contributed by atoms with E-state index >= 15 is 0 Å². The first-order valence-electron chi connectivity index (χ1n) is 10.6. The molecular formula is C21H32N6O. The molecule has 2 atom stereocenters. The lowest BCUT2D eigenvalue weighted by atomic mass is 9.89. The summed E-state index contributed by atoms with van der Waals surface area (Å²) in [6, 6.07) is 2.29. The van der Waals surface area contributed by atoms with E-state index in [1.54, 1.807) is 6.33 Å². The fourth-order valence-electron chi connectivity index (χ4n) is 4.80. The summed E-state index contributed by atoms with van der Waals surface area (Å²) in [5.41, 5.74) is 0.857. The number of carbonyl (C=O) groups is 1. The SMILES string of the molecule is CCN1CCC(C(=O)N2CCC(C)C(N(C)c3ncnc4[nH]ccc34)C2)CC1. The second-order valence-corrected chi connectivity index (χ2v) is 8.37. The van der Waals surface area contributed by atoms with Crippen LogP contribution in [0.5, 0.6) is 0 Å². The molecule has 4 heterocycles. The Balaban J connectivity index is 1.47. The van der Waals surface area contributed by atoms with Gasteiger partial charge in [-0.15, -0.1) is 0 Å². The largest absolute Gasteiger partial charge is 0.354 e. The van der Waals surface area contributed by atoms with Gasteiger partial charge in [-0.2, -0.15) is 0 Å². The standard InChI is InChI=1S/C21H32N6O/c1-4-26-10-7-16(8-11-26)21(28)27-12-6-15(2)18(13-27)25(3)20-17-5-9-22-19(17)23-14-24-20/h5,9,14-16,18H,4,6-8,10-13H2,1-3H3,(H,22,23,24). The van der Waals surface area contributed by atoms with Crippen LogP contribution in [0.15, 0.2) is 18.6 Å². The number of aromatic amines is 1. The van der Waals surface area contributed by atoms with Crippen molar-refractivity contribution in [3.05, 3.63) is 18.6 Å². The van der Waals surface area contributed by atoms with Gasteiger partial charge in [-0.05, 0) is 50.9 Å². The monoisotopic (exact) mass is 384 g/mol. The van der Waals surface area contributed by atoms with Crippen molar-refractivity contribution in [3.8, 4) is 0 Å². The summed E-state index contributed by atoms with van der Waals surface area (Å²) in [6.07, 6.45) is 6.54. The van der Waals surface area contributed by atoms with Crippen LogP contribution in [-0.2, 0) is 4.79 Å². The van der Waals surface area contributed by atoms with Crippen molar-refractivity contribution in [1.29, 1.82) is 0 Å². The molecule has 0 aliphatic carbocycles. The third-order valence-electron chi connectivity index (χ3n) is 6.78. The lowest BCUT2D eigenvalue weighted by Gasteiger charge is -2.43. The topological polar surface area (TPSA) is 68.4 Å². The Morgan fingerprint density at radius 1 is 1.25 bits per heavy atom. The van der Waals surface area contributed by atoms with Crippen LogP contribution in [0.1, 0.15) is 33.1 Å². The minimum atomic E-state index is 0.192. The quantitative estimate of drug-likeness (QED) is 0.876. The highest BCUT2D eigenvalue weighted by Gasteiger charge is 2.35. The molecule has 0 aromatic carbocycles. The molecule has 28 heavy (non-hydrogen) atoms. The highest BCUT2D eigenvalue weighted by molar-refractivity contribution is 5.87. The first-order valence-corrected chi connectivity index (χ1v) is 10.6. The van der Waals surface area contributed by atoms with E-state index < -0.39 is 0 Å². The number of piperidine rings is 2. The summed E-state index contributed by atoms with van der Waals surface area (Å²) >= 11 is 0. The Morgan fingerprint density at radius 2 is 2.04 bits per heavy atom. The highest BCUT2D eigenvalue weighted by Crippen LogP contribution is 2.30. The Labute approximate surface area is 167 Å². The van der Waals surface area contributed by atoms with Gasteiger partial charge in [0.1, 0.15) is 17.8 Å². The van der Waals surface area contributed by atoms with Gasteiger partial charge in [-0.1, -0.05) is 13.8 Å². The number of carbonyl (C=O) groups excluding carboxylic acids is 1. The molecule has 2 unspecified atom stereocenters. The van der Waals surface area contributed by atoms with Crippen molar-refractivity contribution >= 4 is 22.8 Å². The number of likely N-dealkylation sites (N-methyl/N-ethyl adjacent to an activating group) is 1. The maximum Gasteiger partial charge on any atom is 0.225 e. The molecule has 7 heteroatoms. The summed E-state index contributed by atoms with van der Waals surface area (Å²) < 4.78 is 0. The fraction of sp³-hybridized carbons (Fsp3) is 0.667. The molecule has 0 spiro atoms. The van der Waals surface area contributed by atoms with E-state index in [0.29, 0.717) is 11.8 Å². The van der Waals surface area contributed by atoms with Gasteiger partial charge in [-0.25, -0.2) is 9.97 Å². The van der Waals surface area contributed by atoms with Crippen molar-refractivity contribution in [2.75, 3.05) is 44.7 Å². The minimum absolute atomic E-state index is 0.192. The average molecular weight is 385 g/mol. The molecule has 0 saturated carbocycles. The molecule has 1 N–H and O–H groups in total. The maximum absolute atomic E-state index is 13.2. The maximum atomic E-state index is 13.2. The van der Waals surface area contributed by atoms with E-state index in [-0.39, 0.29) is 12.0 Å². The van der Waals surface area contributed by atoms with Crippen LogP contribution in [0.4, 0.5) is 5.82 Å². The molecular weight excluding hydrogens is 352 g/mol. The molecule has 2 aliphatic rings. The average Bonchev–Trinajstić information content (AvgIpc) is 3.22. The summed E-state index contributed by atoms with van der Waals surface area (Å²) in [5.74, 6) is 2.00. The van der Waals surface area contributed by atoms with Gasteiger partial charge >= 0.3 is 0 Å². The van der Waals surface area contributed by atoms with Crippen molar-refractivity contribution in [3.63, 3.8) is 0 Å². The number of amides is 1. The Hall–Kier alpha value is -2.15. The lowest BCUT2D eigenvalue weighted by Crippen LogP contribution is -2.54. The number of fused-ring (bicyclic) bond motifs is 1. The smallest absolute Gasteiger partial charge is 0.225 e. The van der Waals surface area contributed by atoms with Crippen LogP contribution in [0, 0.1) is 11.8 Å². The van der Waals surface area contributed by atoms with Gasteiger partial charge in [0.2, 0.25) is 5.91 Å². The van der Waals surface area contributed by atoms with E-state index in [9.17, 15) is 4.79 Å². The number of anilines is 1. The van der Waals surface area contributed by atoms with Crippen LogP contribution in [0.25, 0.3) is 11.0 Å². The predicted molar refractivity (Wildman–Crippen MR) is 111 cm³/mol. The molecule has 0 radical (unpaired) electrons. The highest BCUT2D eigenvalue weighted by atomic mass is 16.2. The van der Waals surface area contributed by atoms with E-state index in [1.807, 2.05) is 12.3 Å². The Bertz CT molecular complexity index is 812. The number of likely N-dealkylation sites (tertiary alicyclic amines) is 2. The molecule has 2 aromatic rings. The molecule has 7 nitrogen and oxygen atoms in total. The predicted octanol–water partition coefficient (Wildman–Crippen LogP) is 2.36. The fourth-order valence-corrected chi connectivity index (χ4v) is 4.80. The van der Waals surface area contributed by atoms with Gasteiger partial charge in [0, 0.05) is 32.3 Å². The van der Waals surface area contributed by atoms with E-state index in [4.69, 9.17) is 0 Å². The number of hydrogen-bond acceptors (Lipinski definition) is 5. The number of H-pyrrole nitrogens is 1. The van der Waals surface area contributed by atoms with Gasteiger partial charge in [-0.3, -0.25) is 4.79 Å². The first kappa shape index (κ1) is 19.2. The Morgan fingerprint density at radius 3 is 2.79 bits per heavy atom.